The van der Waals surface area contributed by atoms with E-state index in [2.05, 4.69) is 10.7 Å². The zero-order valence-corrected chi connectivity index (χ0v) is 9.30. The smallest absolute Gasteiger partial charge is 0.413 e. The highest BCUT2D eigenvalue weighted by atomic mass is 16.6. The number of hydrogen-bond donors (Lipinski definition) is 1. The van der Waals surface area contributed by atoms with Crippen molar-refractivity contribution in [2.24, 2.45) is 0 Å². The zero-order valence-electron chi connectivity index (χ0n) is 9.30. The molecule has 0 aromatic heterocycles. The molecule has 0 saturated heterocycles. The maximum atomic E-state index is 11.5. The molecule has 1 aromatic carbocycles. The number of benzene rings is 1. The molecule has 7 nitrogen and oxygen atoms in total. The van der Waals surface area contributed by atoms with E-state index in [0.717, 1.165) is 13.2 Å². The third-order valence-corrected chi connectivity index (χ3v) is 2.01. The lowest BCUT2D eigenvalue weighted by Crippen LogP contribution is -2.30. The Morgan fingerprint density at radius 2 is 2.17 bits per heavy atom. The minimum atomic E-state index is -0.955. The van der Waals surface area contributed by atoms with Gasteiger partial charge in [-0.2, -0.15) is 0 Å². The average molecular weight is 248 g/mol. The van der Waals surface area contributed by atoms with Gasteiger partial charge in [-0.3, -0.25) is 20.2 Å². The average Bonchev–Trinajstić information content (AvgIpc) is 2.37. The number of nitro groups is 1. The Bertz CT molecular complexity index is 559. The van der Waals surface area contributed by atoms with Gasteiger partial charge in [0.05, 0.1) is 12.0 Å². The number of hydrogen-bond acceptors (Lipinski definition) is 5. The Hall–Kier alpha value is -2.88. The van der Waals surface area contributed by atoms with Crippen LogP contribution in [0.4, 0.5) is 10.5 Å². The summed E-state index contributed by atoms with van der Waals surface area (Å²) in [6.45, 7) is 0. The molecule has 1 N–H and O–H groups in total. The Balaban J connectivity index is 3.09. The number of methoxy groups -OCH3 is 1. The topological polar surface area (TPSA) is 98.5 Å². The van der Waals surface area contributed by atoms with Crippen molar-refractivity contribution in [3.8, 4) is 12.3 Å². The van der Waals surface area contributed by atoms with Gasteiger partial charge in [-0.1, -0.05) is 5.92 Å². The van der Waals surface area contributed by atoms with E-state index in [1.165, 1.54) is 12.1 Å². The lowest BCUT2D eigenvalue weighted by atomic mass is 10.1. The number of alkyl carbamates (subject to hydrolysis) is 1. The van der Waals surface area contributed by atoms with E-state index in [-0.39, 0.29) is 16.8 Å². The monoisotopic (exact) mass is 248 g/mol. The molecule has 0 radical (unpaired) electrons. The Morgan fingerprint density at radius 1 is 1.50 bits per heavy atom. The molecule has 1 aromatic rings. The number of amides is 2. The molecule has 0 aliphatic rings. The van der Waals surface area contributed by atoms with E-state index in [1.807, 2.05) is 5.32 Å². The van der Waals surface area contributed by atoms with Gasteiger partial charge >= 0.3 is 6.09 Å². The summed E-state index contributed by atoms with van der Waals surface area (Å²) >= 11 is 0. The van der Waals surface area contributed by atoms with Crippen molar-refractivity contribution in [2.45, 2.75) is 0 Å². The van der Waals surface area contributed by atoms with Gasteiger partial charge in [0, 0.05) is 11.6 Å². The highest BCUT2D eigenvalue weighted by Gasteiger charge is 2.17. The van der Waals surface area contributed by atoms with Gasteiger partial charge < -0.3 is 4.74 Å². The number of rotatable bonds is 2. The van der Waals surface area contributed by atoms with E-state index in [9.17, 15) is 19.7 Å². The first-order chi connectivity index (χ1) is 8.49. The zero-order chi connectivity index (χ0) is 13.7. The number of carbonyl (C=O) groups excluding carboxylic acids is 2. The van der Waals surface area contributed by atoms with Gasteiger partial charge in [0.1, 0.15) is 5.56 Å². The van der Waals surface area contributed by atoms with Crippen molar-refractivity contribution < 1.29 is 19.2 Å². The summed E-state index contributed by atoms with van der Waals surface area (Å²) < 4.78 is 4.23. The van der Waals surface area contributed by atoms with Gasteiger partial charge in [-0.05, 0) is 12.1 Å². The predicted molar refractivity (Wildman–Crippen MR) is 60.9 cm³/mol. The van der Waals surface area contributed by atoms with Crippen LogP contribution in [-0.4, -0.2) is 24.0 Å². The molecule has 0 unspecified atom stereocenters. The molecule has 1 rings (SSSR count). The number of ether oxygens (including phenoxy) is 1. The molecule has 0 spiro atoms. The van der Waals surface area contributed by atoms with Crippen molar-refractivity contribution in [1.82, 2.24) is 5.32 Å². The van der Waals surface area contributed by atoms with E-state index in [0.29, 0.717) is 0 Å². The largest absolute Gasteiger partial charge is 0.453 e. The van der Waals surface area contributed by atoms with Crippen molar-refractivity contribution in [3.05, 3.63) is 39.4 Å². The fraction of sp³-hybridized carbons (Fsp3) is 0.0909. The summed E-state index contributed by atoms with van der Waals surface area (Å²) in [7, 11) is 1.09. The van der Waals surface area contributed by atoms with Gasteiger partial charge in [-0.15, -0.1) is 6.42 Å². The predicted octanol–water partition coefficient (Wildman–Crippen LogP) is 1.07. The van der Waals surface area contributed by atoms with Crippen LogP contribution < -0.4 is 5.32 Å². The SMILES string of the molecule is C#Cc1ccc(C(=O)NC(=O)OC)cc1[N+](=O)[O-]. The van der Waals surface area contributed by atoms with Crippen LogP contribution in [0.2, 0.25) is 0 Å². The second-order valence-corrected chi connectivity index (χ2v) is 3.08. The standard InChI is InChI=1S/C11H8N2O5/c1-3-7-4-5-8(6-9(7)13(16)17)10(14)12-11(15)18-2/h1,4-6H,2H3,(H,12,14,15). The Labute approximate surface area is 102 Å². The summed E-state index contributed by atoms with van der Waals surface area (Å²) in [5.41, 5.74) is -0.393. The van der Waals surface area contributed by atoms with Gasteiger partial charge in [-0.25, -0.2) is 4.79 Å². The number of nitrogens with zero attached hydrogens (tertiary/aromatic N) is 1. The maximum absolute atomic E-state index is 11.5. The molecular weight excluding hydrogens is 240 g/mol. The molecule has 0 saturated carbocycles. The summed E-state index contributed by atoms with van der Waals surface area (Å²) in [5.74, 6) is 1.32. The molecule has 2 amide bonds. The third kappa shape index (κ3) is 2.82. The molecular formula is C11H8N2O5. The fourth-order valence-electron chi connectivity index (χ4n) is 1.16. The van der Waals surface area contributed by atoms with Crippen molar-refractivity contribution in [1.29, 1.82) is 0 Å². The second kappa shape index (κ2) is 5.45. The first-order valence-electron chi connectivity index (χ1n) is 4.64. The number of imide groups is 1. The number of terminal acetylenes is 1. The van der Waals surface area contributed by atoms with Gasteiger partial charge in [0.25, 0.3) is 11.6 Å². The molecule has 7 heteroatoms. The number of nitrogens with one attached hydrogen (secondary N) is 1. The minimum Gasteiger partial charge on any atom is -0.453 e. The fourth-order valence-corrected chi connectivity index (χ4v) is 1.16. The summed E-state index contributed by atoms with van der Waals surface area (Å²) in [6, 6.07) is 3.53. The van der Waals surface area contributed by atoms with Gasteiger partial charge in [0.15, 0.2) is 0 Å². The summed E-state index contributed by atoms with van der Waals surface area (Å²) in [5, 5.41) is 12.6. The number of nitro benzene ring substituents is 1. The first kappa shape index (κ1) is 13.2. The maximum Gasteiger partial charge on any atom is 0.413 e. The number of carbonyl (C=O) groups is 2. The molecule has 18 heavy (non-hydrogen) atoms. The molecule has 0 fully saturated rings. The van der Waals surface area contributed by atoms with E-state index in [1.54, 1.807) is 0 Å². The molecule has 92 valence electrons. The molecule has 0 aliphatic carbocycles. The van der Waals surface area contributed by atoms with E-state index >= 15 is 0 Å². The normalized spacial score (nSPS) is 9.11. The van der Waals surface area contributed by atoms with Crippen LogP contribution in [0.1, 0.15) is 15.9 Å². The van der Waals surface area contributed by atoms with Crippen molar-refractivity contribution in [2.75, 3.05) is 7.11 Å². The molecule has 0 aliphatic heterocycles. The summed E-state index contributed by atoms with van der Waals surface area (Å²) in [4.78, 5) is 32.3. The van der Waals surface area contributed by atoms with Crippen LogP contribution in [0.3, 0.4) is 0 Å². The van der Waals surface area contributed by atoms with E-state index < -0.39 is 16.9 Å². The molecule has 0 atom stereocenters. The Kier molecular flexibility index (Phi) is 3.99. The van der Waals surface area contributed by atoms with Crippen LogP contribution in [0.15, 0.2) is 18.2 Å². The van der Waals surface area contributed by atoms with Crippen LogP contribution >= 0.6 is 0 Å². The minimum absolute atomic E-state index is 0.0506. The molecule has 0 heterocycles. The quantitative estimate of drug-likeness (QED) is 0.479. The summed E-state index contributed by atoms with van der Waals surface area (Å²) in [6.07, 6.45) is 4.13. The van der Waals surface area contributed by atoms with Crippen LogP contribution in [-0.2, 0) is 4.74 Å². The third-order valence-electron chi connectivity index (χ3n) is 2.01. The van der Waals surface area contributed by atoms with Crippen LogP contribution in [0.5, 0.6) is 0 Å². The van der Waals surface area contributed by atoms with Crippen LogP contribution in [0, 0.1) is 22.5 Å². The second-order valence-electron chi connectivity index (χ2n) is 3.08. The van der Waals surface area contributed by atoms with E-state index in [4.69, 9.17) is 6.42 Å². The lowest BCUT2D eigenvalue weighted by molar-refractivity contribution is -0.385. The van der Waals surface area contributed by atoms with Crippen molar-refractivity contribution in [3.63, 3.8) is 0 Å². The molecule has 0 bridgehead atoms. The lowest BCUT2D eigenvalue weighted by Gasteiger charge is -2.03. The van der Waals surface area contributed by atoms with Gasteiger partial charge in [0.2, 0.25) is 0 Å². The van der Waals surface area contributed by atoms with Crippen LogP contribution in [0.25, 0.3) is 0 Å². The van der Waals surface area contributed by atoms with Crippen molar-refractivity contribution >= 4 is 17.7 Å². The highest BCUT2D eigenvalue weighted by Crippen LogP contribution is 2.19. The first-order valence-corrected chi connectivity index (χ1v) is 4.64. The highest BCUT2D eigenvalue weighted by molar-refractivity contribution is 6.03. The Morgan fingerprint density at radius 3 is 2.67 bits per heavy atom.